The summed E-state index contributed by atoms with van der Waals surface area (Å²) < 4.78 is 0. The Morgan fingerprint density at radius 2 is 1.53 bits per heavy atom. The highest BCUT2D eigenvalue weighted by atomic mass is 15.2. The molecule has 17 heavy (non-hydrogen) atoms. The molecule has 0 aliphatic heterocycles. The summed E-state index contributed by atoms with van der Waals surface area (Å²) in [5, 5.41) is 4.44. The van der Waals surface area contributed by atoms with Crippen molar-refractivity contribution in [2.45, 2.75) is 44.1 Å². The molecule has 0 N–H and O–H groups in total. The Morgan fingerprint density at radius 3 is 2.18 bits per heavy atom. The van der Waals surface area contributed by atoms with Gasteiger partial charge >= 0.3 is 0 Å². The van der Waals surface area contributed by atoms with Crippen molar-refractivity contribution in [3.8, 4) is 0 Å². The van der Waals surface area contributed by atoms with E-state index < -0.39 is 0 Å². The van der Waals surface area contributed by atoms with Gasteiger partial charge in [-0.2, -0.15) is 0 Å². The zero-order chi connectivity index (χ0) is 11.2. The summed E-state index contributed by atoms with van der Waals surface area (Å²) in [6, 6.07) is 0. The van der Waals surface area contributed by atoms with Crippen molar-refractivity contribution in [3.63, 3.8) is 0 Å². The van der Waals surface area contributed by atoms with Crippen LogP contribution in [-0.4, -0.2) is 5.54 Å². The van der Waals surface area contributed by atoms with Gasteiger partial charge in [0.15, 0.2) is 0 Å². The Kier molecular flexibility index (Phi) is 1.45. The Morgan fingerprint density at radius 1 is 0.882 bits per heavy atom. The molecule has 0 spiro atoms. The van der Waals surface area contributed by atoms with Crippen molar-refractivity contribution >= 4 is 0 Å². The summed E-state index contributed by atoms with van der Waals surface area (Å²) in [5.41, 5.74) is 9.10. The number of hydrogen-bond acceptors (Lipinski definition) is 1. The van der Waals surface area contributed by atoms with Crippen LogP contribution in [0.5, 0.6) is 0 Å². The molecule has 8 atom stereocenters. The minimum absolute atomic E-state index is 0.0820. The van der Waals surface area contributed by atoms with Gasteiger partial charge < -0.3 is 0 Å². The Labute approximate surface area is 102 Å². The maximum Gasteiger partial charge on any atom is 0.0552 e. The first kappa shape index (κ1) is 9.27. The van der Waals surface area contributed by atoms with Crippen molar-refractivity contribution in [1.29, 1.82) is 0 Å². The van der Waals surface area contributed by atoms with Crippen LogP contribution in [0, 0.1) is 41.4 Å². The van der Waals surface area contributed by atoms with Crippen molar-refractivity contribution in [3.05, 3.63) is 10.4 Å². The van der Waals surface area contributed by atoms with E-state index in [9.17, 15) is 0 Å². The molecule has 0 aromatic carbocycles. The van der Waals surface area contributed by atoms with Gasteiger partial charge in [-0.05, 0) is 85.5 Å². The highest BCUT2D eigenvalue weighted by Gasteiger charge is 2.69. The van der Waals surface area contributed by atoms with E-state index in [-0.39, 0.29) is 5.54 Å². The van der Waals surface area contributed by atoms with Gasteiger partial charge in [-0.15, -0.1) is 0 Å². The van der Waals surface area contributed by atoms with E-state index in [2.05, 4.69) is 10.0 Å². The summed E-state index contributed by atoms with van der Waals surface area (Å²) >= 11 is 0. The quantitative estimate of drug-likeness (QED) is 0.373. The van der Waals surface area contributed by atoms with Crippen LogP contribution in [0.25, 0.3) is 10.4 Å². The SMILES string of the molecule is [N-]=[N+]=NC12CC3C[C@@H]4C5CC(C[C@H]41)C[C@@H]2[C@H]5C3. The molecule has 0 amide bonds. The van der Waals surface area contributed by atoms with E-state index in [0.29, 0.717) is 0 Å². The molecule has 3 nitrogen and oxygen atoms in total. The van der Waals surface area contributed by atoms with Crippen LogP contribution in [0.1, 0.15) is 38.5 Å². The van der Waals surface area contributed by atoms with Crippen LogP contribution < -0.4 is 0 Å². The third-order valence-corrected chi connectivity index (χ3v) is 7.26. The molecule has 0 aromatic heterocycles. The molecule has 7 fully saturated rings. The molecule has 0 heterocycles. The molecule has 7 aliphatic carbocycles. The Balaban J connectivity index is 1.73. The van der Waals surface area contributed by atoms with Gasteiger partial charge in [0, 0.05) is 4.91 Å². The molecule has 7 aliphatic rings. The Bertz CT molecular complexity index is 415. The summed E-state index contributed by atoms with van der Waals surface area (Å²) in [6.07, 6.45) is 8.45. The molecular formula is C14H19N3. The second-order valence-electron chi connectivity index (χ2n) is 7.50. The lowest BCUT2D eigenvalue weighted by Crippen LogP contribution is -2.70. The average Bonchev–Trinajstić information content (AvgIpc) is 2.35. The number of hydrogen-bond donors (Lipinski definition) is 0. The van der Waals surface area contributed by atoms with Gasteiger partial charge in [0.05, 0.1) is 5.54 Å². The first-order chi connectivity index (χ1) is 8.32. The summed E-state index contributed by atoms with van der Waals surface area (Å²) in [4.78, 5) is 3.27. The molecule has 7 saturated carbocycles. The molecule has 3 heteroatoms. The van der Waals surface area contributed by atoms with Crippen LogP contribution in [-0.2, 0) is 0 Å². The number of nitrogens with zero attached hydrogens (tertiary/aromatic N) is 3. The average molecular weight is 229 g/mol. The fourth-order valence-electron chi connectivity index (χ4n) is 7.18. The zero-order valence-electron chi connectivity index (χ0n) is 10.1. The van der Waals surface area contributed by atoms with E-state index in [4.69, 9.17) is 5.53 Å². The van der Waals surface area contributed by atoms with Gasteiger partial charge in [0.1, 0.15) is 0 Å². The lowest BCUT2D eigenvalue weighted by molar-refractivity contribution is -0.214. The van der Waals surface area contributed by atoms with Crippen molar-refractivity contribution in [2.24, 2.45) is 46.5 Å². The summed E-state index contributed by atoms with van der Waals surface area (Å²) in [7, 11) is 0. The lowest BCUT2D eigenvalue weighted by Gasteiger charge is -2.73. The first-order valence-corrected chi connectivity index (χ1v) is 7.38. The first-order valence-electron chi connectivity index (χ1n) is 7.38. The molecule has 90 valence electrons. The third kappa shape index (κ3) is 0.855. The minimum Gasteiger partial charge on any atom is -0.0867 e. The van der Waals surface area contributed by atoms with Crippen LogP contribution in [0.3, 0.4) is 0 Å². The van der Waals surface area contributed by atoms with E-state index >= 15 is 0 Å². The maximum atomic E-state index is 9.02. The predicted octanol–water partition coefficient (Wildman–Crippen LogP) is 3.76. The fraction of sp³-hybridized carbons (Fsp3) is 1.00. The number of azide groups is 1. The molecule has 7 rings (SSSR count). The second kappa shape index (κ2) is 2.66. The molecule has 0 saturated heterocycles. The normalized spacial score (nSPS) is 65.1. The van der Waals surface area contributed by atoms with Crippen LogP contribution >= 0.6 is 0 Å². The molecule has 0 radical (unpaired) electrons. The van der Waals surface area contributed by atoms with Gasteiger partial charge in [0.25, 0.3) is 0 Å². The van der Waals surface area contributed by atoms with E-state index in [1.165, 1.54) is 38.5 Å². The lowest BCUT2D eigenvalue weighted by atomic mass is 9.33. The maximum absolute atomic E-state index is 9.02. The van der Waals surface area contributed by atoms with Crippen molar-refractivity contribution < 1.29 is 0 Å². The molecule has 0 aromatic rings. The predicted molar refractivity (Wildman–Crippen MR) is 64.0 cm³/mol. The highest BCUT2D eigenvalue weighted by Crippen LogP contribution is 2.73. The summed E-state index contributed by atoms with van der Waals surface area (Å²) in [6.45, 7) is 0. The topological polar surface area (TPSA) is 48.8 Å². The Hall–Kier alpha value is -0.690. The molecular weight excluding hydrogens is 210 g/mol. The van der Waals surface area contributed by atoms with Gasteiger partial charge in [0.2, 0.25) is 0 Å². The van der Waals surface area contributed by atoms with E-state index in [0.717, 1.165) is 41.4 Å². The monoisotopic (exact) mass is 229 g/mol. The van der Waals surface area contributed by atoms with Crippen LogP contribution in [0.4, 0.5) is 0 Å². The van der Waals surface area contributed by atoms with Crippen molar-refractivity contribution in [2.75, 3.05) is 0 Å². The largest absolute Gasteiger partial charge is 0.0867 e. The standard InChI is InChI=1S/C14H19N3/c15-17-16-14-6-8-2-10-9-1-7(4-12(10)14)5-13(14)11(9)3-8/h7-13H,1-6H2/t7?,8?,9?,10-,11+,12-,13-,14?/m1/s1. The zero-order valence-corrected chi connectivity index (χ0v) is 10.1. The van der Waals surface area contributed by atoms with Gasteiger partial charge in [-0.25, -0.2) is 0 Å². The van der Waals surface area contributed by atoms with Crippen LogP contribution in [0.2, 0.25) is 0 Å². The smallest absolute Gasteiger partial charge is 0.0552 e. The van der Waals surface area contributed by atoms with Crippen molar-refractivity contribution in [1.82, 2.24) is 0 Å². The summed E-state index contributed by atoms with van der Waals surface area (Å²) in [5.74, 6) is 6.32. The molecule has 8 bridgehead atoms. The highest BCUT2D eigenvalue weighted by molar-refractivity contribution is 5.22. The van der Waals surface area contributed by atoms with Gasteiger partial charge in [-0.1, -0.05) is 5.11 Å². The number of rotatable bonds is 1. The fourth-order valence-corrected chi connectivity index (χ4v) is 7.18. The second-order valence-corrected chi connectivity index (χ2v) is 7.50. The van der Waals surface area contributed by atoms with E-state index in [1.807, 2.05) is 0 Å². The molecule has 4 unspecified atom stereocenters. The van der Waals surface area contributed by atoms with Gasteiger partial charge in [-0.3, -0.25) is 0 Å². The van der Waals surface area contributed by atoms with E-state index in [1.54, 1.807) is 0 Å². The van der Waals surface area contributed by atoms with Crippen LogP contribution in [0.15, 0.2) is 5.11 Å². The minimum atomic E-state index is 0.0820. The third-order valence-electron chi connectivity index (χ3n) is 7.26.